The van der Waals surface area contributed by atoms with Crippen molar-refractivity contribution in [1.29, 1.82) is 0 Å². The van der Waals surface area contributed by atoms with Crippen LogP contribution in [-0.2, 0) is 6.42 Å². The highest BCUT2D eigenvalue weighted by molar-refractivity contribution is 6.31. The van der Waals surface area contributed by atoms with E-state index in [0.717, 1.165) is 16.8 Å². The highest BCUT2D eigenvalue weighted by Crippen LogP contribution is 2.23. The van der Waals surface area contributed by atoms with Crippen LogP contribution in [0, 0.1) is 6.92 Å². The third-order valence-corrected chi connectivity index (χ3v) is 3.02. The lowest BCUT2D eigenvalue weighted by Gasteiger charge is -2.13. The van der Waals surface area contributed by atoms with Gasteiger partial charge in [-0.3, -0.25) is 9.97 Å². The molecule has 0 aliphatic rings. The number of halogens is 1. The summed E-state index contributed by atoms with van der Waals surface area (Å²) in [6, 6.07) is 5.51. The fourth-order valence-corrected chi connectivity index (χ4v) is 1.93. The lowest BCUT2D eigenvalue weighted by Crippen LogP contribution is -2.05. The van der Waals surface area contributed by atoms with Crippen LogP contribution >= 0.6 is 11.6 Å². The third-order valence-electron chi connectivity index (χ3n) is 2.68. The number of aromatic nitrogens is 2. The number of aryl methyl sites for hydroxylation is 1. The van der Waals surface area contributed by atoms with Crippen molar-refractivity contribution in [2.45, 2.75) is 19.4 Å². The van der Waals surface area contributed by atoms with Crippen molar-refractivity contribution in [3.05, 3.63) is 58.6 Å². The molecule has 0 saturated heterocycles. The fraction of sp³-hybridized carbons (Fsp3) is 0.231. The maximum Gasteiger partial charge on any atom is 0.0848 e. The first-order chi connectivity index (χ1) is 8.18. The molecule has 0 saturated carbocycles. The second kappa shape index (κ2) is 5.25. The van der Waals surface area contributed by atoms with Crippen molar-refractivity contribution in [3.63, 3.8) is 0 Å². The topological polar surface area (TPSA) is 46.0 Å². The van der Waals surface area contributed by atoms with Crippen LogP contribution in [0.4, 0.5) is 0 Å². The quantitative estimate of drug-likeness (QED) is 0.909. The van der Waals surface area contributed by atoms with Crippen LogP contribution in [0.2, 0.25) is 5.02 Å². The molecule has 0 fully saturated rings. The van der Waals surface area contributed by atoms with E-state index in [2.05, 4.69) is 9.97 Å². The van der Waals surface area contributed by atoms with Gasteiger partial charge in [0.25, 0.3) is 0 Å². The van der Waals surface area contributed by atoms with Crippen LogP contribution in [0.15, 0.2) is 36.8 Å². The average Bonchev–Trinajstić information content (AvgIpc) is 2.32. The Morgan fingerprint density at radius 3 is 2.88 bits per heavy atom. The van der Waals surface area contributed by atoms with Gasteiger partial charge in [0, 0.05) is 36.3 Å². The Morgan fingerprint density at radius 2 is 2.18 bits per heavy atom. The predicted molar refractivity (Wildman–Crippen MR) is 66.9 cm³/mol. The second-order valence-corrected chi connectivity index (χ2v) is 4.27. The van der Waals surface area contributed by atoms with Crippen LogP contribution < -0.4 is 0 Å². The van der Waals surface area contributed by atoms with Gasteiger partial charge in [-0.1, -0.05) is 17.7 Å². The third kappa shape index (κ3) is 2.81. The van der Waals surface area contributed by atoms with E-state index >= 15 is 0 Å². The van der Waals surface area contributed by atoms with Gasteiger partial charge in [-0.15, -0.1) is 0 Å². The molecule has 2 rings (SSSR count). The van der Waals surface area contributed by atoms with Crippen molar-refractivity contribution < 1.29 is 5.11 Å². The molecule has 0 amide bonds. The summed E-state index contributed by atoms with van der Waals surface area (Å²) in [6.07, 6.45) is 4.84. The molecule has 0 spiro atoms. The Balaban J connectivity index is 2.20. The van der Waals surface area contributed by atoms with E-state index in [4.69, 9.17) is 11.6 Å². The van der Waals surface area contributed by atoms with Crippen LogP contribution in [0.1, 0.15) is 22.9 Å². The Morgan fingerprint density at radius 1 is 1.35 bits per heavy atom. The molecule has 17 heavy (non-hydrogen) atoms. The van der Waals surface area contributed by atoms with Gasteiger partial charge in [0.2, 0.25) is 0 Å². The lowest BCUT2D eigenvalue weighted by atomic mass is 10.0. The normalized spacial score (nSPS) is 12.4. The summed E-state index contributed by atoms with van der Waals surface area (Å²) in [4.78, 5) is 8.08. The number of aliphatic hydroxyl groups excluding tert-OH is 1. The highest BCUT2D eigenvalue weighted by Gasteiger charge is 2.13. The Labute approximate surface area is 105 Å². The SMILES string of the molecule is Cc1ncccc1C(O)Cc1ccncc1Cl. The number of rotatable bonds is 3. The molecule has 0 aromatic carbocycles. The van der Waals surface area contributed by atoms with Gasteiger partial charge in [-0.05, 0) is 24.6 Å². The van der Waals surface area contributed by atoms with Gasteiger partial charge in [0.1, 0.15) is 0 Å². The molecule has 2 heterocycles. The zero-order chi connectivity index (χ0) is 12.3. The second-order valence-electron chi connectivity index (χ2n) is 3.87. The molecular weight excluding hydrogens is 236 g/mol. The summed E-state index contributed by atoms with van der Waals surface area (Å²) in [5, 5.41) is 10.7. The fourth-order valence-electron chi connectivity index (χ4n) is 1.74. The first-order valence-corrected chi connectivity index (χ1v) is 5.74. The van der Waals surface area contributed by atoms with Crippen molar-refractivity contribution in [2.75, 3.05) is 0 Å². The van der Waals surface area contributed by atoms with Gasteiger partial charge < -0.3 is 5.11 Å². The summed E-state index contributed by atoms with van der Waals surface area (Å²) in [7, 11) is 0. The maximum absolute atomic E-state index is 10.2. The summed E-state index contributed by atoms with van der Waals surface area (Å²) in [5.41, 5.74) is 2.56. The van der Waals surface area contributed by atoms with Gasteiger partial charge in [0.15, 0.2) is 0 Å². The number of pyridine rings is 2. The monoisotopic (exact) mass is 248 g/mol. The first-order valence-electron chi connectivity index (χ1n) is 5.36. The molecule has 0 aliphatic carbocycles. The van der Waals surface area contributed by atoms with E-state index in [1.54, 1.807) is 18.6 Å². The van der Waals surface area contributed by atoms with Crippen LogP contribution in [0.5, 0.6) is 0 Å². The number of hydrogen-bond donors (Lipinski definition) is 1. The smallest absolute Gasteiger partial charge is 0.0848 e. The molecule has 1 atom stereocenters. The largest absolute Gasteiger partial charge is 0.388 e. The average molecular weight is 249 g/mol. The van der Waals surface area contributed by atoms with Crippen LogP contribution in [0.25, 0.3) is 0 Å². The molecule has 4 heteroatoms. The zero-order valence-electron chi connectivity index (χ0n) is 9.47. The summed E-state index contributed by atoms with van der Waals surface area (Å²) >= 11 is 6.01. The van der Waals surface area contributed by atoms with Crippen molar-refractivity contribution in [3.8, 4) is 0 Å². The van der Waals surface area contributed by atoms with Crippen LogP contribution in [0.3, 0.4) is 0 Å². The van der Waals surface area contributed by atoms with Crippen molar-refractivity contribution in [2.24, 2.45) is 0 Å². The van der Waals surface area contributed by atoms with E-state index in [1.165, 1.54) is 0 Å². The highest BCUT2D eigenvalue weighted by atomic mass is 35.5. The van der Waals surface area contributed by atoms with E-state index < -0.39 is 6.10 Å². The molecule has 0 aliphatic heterocycles. The molecule has 2 aromatic heterocycles. The van der Waals surface area contributed by atoms with Crippen LogP contribution in [-0.4, -0.2) is 15.1 Å². The Hall–Kier alpha value is -1.45. The Kier molecular flexibility index (Phi) is 3.71. The number of hydrogen-bond acceptors (Lipinski definition) is 3. The van der Waals surface area contributed by atoms with Gasteiger partial charge in [-0.2, -0.15) is 0 Å². The minimum absolute atomic E-state index is 0.466. The Bertz CT molecular complexity index is 516. The summed E-state index contributed by atoms with van der Waals surface area (Å²) < 4.78 is 0. The molecule has 88 valence electrons. The molecule has 3 nitrogen and oxygen atoms in total. The minimum atomic E-state index is -0.594. The van der Waals surface area contributed by atoms with E-state index in [1.807, 2.05) is 25.1 Å². The van der Waals surface area contributed by atoms with E-state index in [-0.39, 0.29) is 0 Å². The van der Waals surface area contributed by atoms with E-state index in [9.17, 15) is 5.11 Å². The van der Waals surface area contributed by atoms with Gasteiger partial charge in [0.05, 0.1) is 11.1 Å². The number of nitrogens with zero attached hydrogens (tertiary/aromatic N) is 2. The summed E-state index contributed by atoms with van der Waals surface area (Å²) in [5.74, 6) is 0. The molecule has 0 radical (unpaired) electrons. The zero-order valence-corrected chi connectivity index (χ0v) is 10.2. The molecule has 2 aromatic rings. The van der Waals surface area contributed by atoms with Gasteiger partial charge >= 0.3 is 0 Å². The maximum atomic E-state index is 10.2. The lowest BCUT2D eigenvalue weighted by molar-refractivity contribution is 0.177. The molecule has 1 unspecified atom stereocenters. The predicted octanol–water partition coefficient (Wildman–Crippen LogP) is 2.71. The first kappa shape index (κ1) is 12.0. The number of aliphatic hydroxyl groups is 1. The molecule has 1 N–H and O–H groups in total. The van der Waals surface area contributed by atoms with Gasteiger partial charge in [-0.25, -0.2) is 0 Å². The van der Waals surface area contributed by atoms with Crippen molar-refractivity contribution in [1.82, 2.24) is 9.97 Å². The summed E-state index contributed by atoms with van der Waals surface area (Å²) in [6.45, 7) is 1.88. The minimum Gasteiger partial charge on any atom is -0.388 e. The standard InChI is InChI=1S/C13H13ClN2O/c1-9-11(3-2-5-16-9)13(17)7-10-4-6-15-8-12(10)14/h2-6,8,13,17H,7H2,1H3. The van der Waals surface area contributed by atoms with E-state index in [0.29, 0.717) is 11.4 Å². The van der Waals surface area contributed by atoms with Crippen molar-refractivity contribution >= 4 is 11.6 Å². The molecule has 0 bridgehead atoms. The molecular formula is C13H13ClN2O.